The van der Waals surface area contributed by atoms with Crippen molar-refractivity contribution in [3.63, 3.8) is 0 Å². The molecule has 0 spiro atoms. The molecule has 1 aromatic rings. The molecule has 2 N–H and O–H groups in total. The van der Waals surface area contributed by atoms with Crippen LogP contribution >= 0.6 is 0 Å². The predicted octanol–water partition coefficient (Wildman–Crippen LogP) is 0.0232. The number of ether oxygens (including phenoxy) is 1. The average Bonchev–Trinajstić information content (AvgIpc) is 2.81. The van der Waals surface area contributed by atoms with Gasteiger partial charge < -0.3 is 14.7 Å². The van der Waals surface area contributed by atoms with Gasteiger partial charge in [-0.05, 0) is 6.07 Å². The number of hydrogen-bond acceptors (Lipinski definition) is 4. The van der Waals surface area contributed by atoms with Crippen LogP contribution in [0.5, 0.6) is 0 Å². The van der Waals surface area contributed by atoms with Gasteiger partial charge in [0, 0.05) is 45.8 Å². The van der Waals surface area contributed by atoms with E-state index in [1.807, 2.05) is 0 Å². The lowest BCUT2D eigenvalue weighted by atomic mass is 9.94. The summed E-state index contributed by atoms with van der Waals surface area (Å²) in [4.78, 5) is 13.4. The van der Waals surface area contributed by atoms with Crippen LogP contribution in [0, 0.1) is 0 Å². The number of amides is 1. The van der Waals surface area contributed by atoms with E-state index in [2.05, 4.69) is 10.2 Å². The Bertz CT molecular complexity index is 371. The molecule has 0 saturated carbocycles. The molecule has 1 fully saturated rings. The summed E-state index contributed by atoms with van der Waals surface area (Å²) in [5.74, 6) is -0.164. The zero-order valence-corrected chi connectivity index (χ0v) is 9.85. The van der Waals surface area contributed by atoms with E-state index in [9.17, 15) is 9.90 Å². The molecule has 1 saturated heterocycles. The van der Waals surface area contributed by atoms with Crippen LogP contribution in [0.2, 0.25) is 0 Å². The molecule has 1 amide bonds. The third-order valence-electron chi connectivity index (χ3n) is 3.03. The van der Waals surface area contributed by atoms with Crippen molar-refractivity contribution in [3.05, 3.63) is 18.0 Å². The van der Waals surface area contributed by atoms with Gasteiger partial charge in [0.25, 0.3) is 5.91 Å². The first kappa shape index (κ1) is 12.1. The van der Waals surface area contributed by atoms with Crippen molar-refractivity contribution in [1.29, 1.82) is 0 Å². The Labute approximate surface area is 99.6 Å². The maximum Gasteiger partial charge on any atom is 0.271 e. The Balaban J connectivity index is 1.96. The summed E-state index contributed by atoms with van der Waals surface area (Å²) >= 11 is 0. The van der Waals surface area contributed by atoms with Crippen LogP contribution in [0.4, 0.5) is 0 Å². The molecule has 1 aliphatic heterocycles. The molecule has 2 rings (SSSR count). The first-order valence-corrected chi connectivity index (χ1v) is 5.66. The lowest BCUT2D eigenvalue weighted by Gasteiger charge is -2.35. The third-order valence-corrected chi connectivity index (χ3v) is 3.03. The smallest absolute Gasteiger partial charge is 0.271 e. The maximum absolute atomic E-state index is 11.9. The van der Waals surface area contributed by atoms with Gasteiger partial charge in [-0.1, -0.05) is 0 Å². The van der Waals surface area contributed by atoms with E-state index in [4.69, 9.17) is 4.74 Å². The normalized spacial score (nSPS) is 18.9. The van der Waals surface area contributed by atoms with Crippen LogP contribution in [0.3, 0.4) is 0 Å². The number of nitrogens with one attached hydrogen (secondary N) is 1. The summed E-state index contributed by atoms with van der Waals surface area (Å²) in [5, 5.41) is 16.6. The Morgan fingerprint density at radius 3 is 2.94 bits per heavy atom. The monoisotopic (exact) mass is 239 g/mol. The summed E-state index contributed by atoms with van der Waals surface area (Å²) < 4.78 is 5.20. The largest absolute Gasteiger partial charge is 0.388 e. The van der Waals surface area contributed by atoms with Crippen molar-refractivity contribution in [1.82, 2.24) is 15.1 Å². The molecule has 0 bridgehead atoms. The predicted molar refractivity (Wildman–Crippen MR) is 60.6 cm³/mol. The number of nitrogens with zero attached hydrogens (tertiary/aromatic N) is 2. The second kappa shape index (κ2) is 4.85. The van der Waals surface area contributed by atoms with Gasteiger partial charge in [-0.15, -0.1) is 0 Å². The minimum atomic E-state index is -0.831. The number of aromatic nitrogens is 2. The van der Waals surface area contributed by atoms with Crippen LogP contribution < -0.4 is 0 Å². The summed E-state index contributed by atoms with van der Waals surface area (Å²) in [6, 6.07) is 1.62. The van der Waals surface area contributed by atoms with Gasteiger partial charge in [-0.25, -0.2) is 0 Å². The summed E-state index contributed by atoms with van der Waals surface area (Å²) in [6.07, 6.45) is 2.66. The van der Waals surface area contributed by atoms with E-state index >= 15 is 0 Å². The van der Waals surface area contributed by atoms with E-state index < -0.39 is 5.60 Å². The van der Waals surface area contributed by atoms with Crippen molar-refractivity contribution in [3.8, 4) is 0 Å². The second-order valence-corrected chi connectivity index (χ2v) is 4.47. The summed E-state index contributed by atoms with van der Waals surface area (Å²) in [5.41, 5.74) is -0.397. The van der Waals surface area contributed by atoms with Gasteiger partial charge in [0.15, 0.2) is 0 Å². The average molecular weight is 239 g/mol. The minimum Gasteiger partial charge on any atom is -0.388 e. The first-order chi connectivity index (χ1) is 8.11. The lowest BCUT2D eigenvalue weighted by Crippen LogP contribution is -2.47. The molecule has 0 aliphatic carbocycles. The minimum absolute atomic E-state index is 0.164. The lowest BCUT2D eigenvalue weighted by molar-refractivity contribution is -0.0734. The Kier molecular flexibility index (Phi) is 3.44. The van der Waals surface area contributed by atoms with Crippen LogP contribution in [-0.2, 0) is 4.74 Å². The zero-order chi connectivity index (χ0) is 12.3. The van der Waals surface area contributed by atoms with E-state index in [1.54, 1.807) is 13.1 Å². The highest BCUT2D eigenvalue weighted by molar-refractivity contribution is 5.92. The molecule has 0 unspecified atom stereocenters. The molecule has 6 heteroatoms. The molecule has 6 nitrogen and oxygen atoms in total. The third kappa shape index (κ3) is 2.83. The van der Waals surface area contributed by atoms with E-state index in [1.165, 1.54) is 11.1 Å². The molecule has 0 aromatic carbocycles. The molecule has 17 heavy (non-hydrogen) atoms. The number of aliphatic hydroxyl groups is 1. The fourth-order valence-corrected chi connectivity index (χ4v) is 2.00. The number of hydrogen-bond donors (Lipinski definition) is 2. The van der Waals surface area contributed by atoms with Crippen LogP contribution in [0.15, 0.2) is 12.3 Å². The quantitative estimate of drug-likeness (QED) is 0.779. The number of carbonyl (C=O) groups excluding carboxylic acids is 1. The van der Waals surface area contributed by atoms with Gasteiger partial charge in [0.2, 0.25) is 0 Å². The number of likely N-dealkylation sites (N-methyl/N-ethyl adjacent to an activating group) is 1. The van der Waals surface area contributed by atoms with Gasteiger partial charge in [-0.2, -0.15) is 5.10 Å². The highest BCUT2D eigenvalue weighted by Gasteiger charge is 2.32. The fourth-order valence-electron chi connectivity index (χ4n) is 2.00. The molecule has 94 valence electrons. The fraction of sp³-hybridized carbons (Fsp3) is 0.636. The van der Waals surface area contributed by atoms with Gasteiger partial charge in [0.1, 0.15) is 5.69 Å². The number of H-pyrrole nitrogens is 1. The molecule has 2 heterocycles. The number of aromatic amines is 1. The summed E-state index contributed by atoms with van der Waals surface area (Å²) in [7, 11) is 1.68. The van der Waals surface area contributed by atoms with E-state index in [0.717, 1.165) is 0 Å². The first-order valence-electron chi connectivity index (χ1n) is 5.66. The molecule has 1 aromatic heterocycles. The molecular formula is C11H17N3O3. The van der Waals surface area contributed by atoms with Gasteiger partial charge in [0.05, 0.1) is 5.60 Å². The molecule has 0 atom stereocenters. The van der Waals surface area contributed by atoms with Gasteiger partial charge in [-0.3, -0.25) is 9.89 Å². The van der Waals surface area contributed by atoms with Crippen molar-refractivity contribution >= 4 is 5.91 Å². The van der Waals surface area contributed by atoms with Crippen LogP contribution in [0.25, 0.3) is 0 Å². The zero-order valence-electron chi connectivity index (χ0n) is 9.85. The van der Waals surface area contributed by atoms with Crippen LogP contribution in [-0.4, -0.2) is 58.5 Å². The van der Waals surface area contributed by atoms with Crippen molar-refractivity contribution in [2.75, 3.05) is 26.8 Å². The molecule has 0 radical (unpaired) electrons. The van der Waals surface area contributed by atoms with E-state index in [0.29, 0.717) is 38.3 Å². The topological polar surface area (TPSA) is 78.5 Å². The maximum atomic E-state index is 11.9. The Hall–Kier alpha value is -1.40. The number of carbonyl (C=O) groups is 1. The SMILES string of the molecule is CN(CC1(O)CCOCC1)C(=O)c1ccn[nH]1. The highest BCUT2D eigenvalue weighted by Crippen LogP contribution is 2.21. The van der Waals surface area contributed by atoms with Gasteiger partial charge >= 0.3 is 0 Å². The highest BCUT2D eigenvalue weighted by atomic mass is 16.5. The Morgan fingerprint density at radius 1 is 1.65 bits per heavy atom. The second-order valence-electron chi connectivity index (χ2n) is 4.47. The van der Waals surface area contributed by atoms with Crippen LogP contribution in [0.1, 0.15) is 23.3 Å². The standard InChI is InChI=1S/C11H17N3O3/c1-14(10(15)9-2-5-12-13-9)8-11(16)3-6-17-7-4-11/h2,5,16H,3-4,6-8H2,1H3,(H,12,13). The van der Waals surface area contributed by atoms with Crippen molar-refractivity contribution in [2.45, 2.75) is 18.4 Å². The Morgan fingerprint density at radius 2 is 2.35 bits per heavy atom. The molecular weight excluding hydrogens is 222 g/mol. The van der Waals surface area contributed by atoms with Crippen molar-refractivity contribution < 1.29 is 14.6 Å². The summed E-state index contributed by atoms with van der Waals surface area (Å²) in [6.45, 7) is 1.40. The van der Waals surface area contributed by atoms with E-state index in [-0.39, 0.29) is 5.91 Å². The van der Waals surface area contributed by atoms with Crippen molar-refractivity contribution in [2.24, 2.45) is 0 Å². The molecule has 1 aliphatic rings. The number of rotatable bonds is 3.